The summed E-state index contributed by atoms with van der Waals surface area (Å²) in [5, 5.41) is 8.82. The summed E-state index contributed by atoms with van der Waals surface area (Å²) in [5.74, 6) is -1.28. The van der Waals surface area contributed by atoms with Gasteiger partial charge in [-0.1, -0.05) is 11.6 Å². The van der Waals surface area contributed by atoms with Crippen molar-refractivity contribution in [3.8, 4) is 5.75 Å². The van der Waals surface area contributed by atoms with Gasteiger partial charge in [0.2, 0.25) is 0 Å². The van der Waals surface area contributed by atoms with E-state index in [9.17, 15) is 13.6 Å². The number of ether oxygens (including phenoxy) is 1. The van der Waals surface area contributed by atoms with Crippen molar-refractivity contribution in [3.63, 3.8) is 0 Å². The quantitative estimate of drug-likeness (QED) is 0.818. The summed E-state index contributed by atoms with van der Waals surface area (Å²) in [4.78, 5) is 10.8. The van der Waals surface area contributed by atoms with Gasteiger partial charge in [-0.15, -0.1) is 0 Å². The first-order valence-corrected chi connectivity index (χ1v) is 5.61. The maximum atomic E-state index is 12.2. The van der Waals surface area contributed by atoms with Crippen LogP contribution in [0.15, 0.2) is 17.7 Å². The predicted molar refractivity (Wildman–Crippen MR) is 67.5 cm³/mol. The van der Waals surface area contributed by atoms with Crippen LogP contribution in [0.4, 0.5) is 8.78 Å². The van der Waals surface area contributed by atoms with Gasteiger partial charge in [-0.3, -0.25) is 0 Å². The van der Waals surface area contributed by atoms with Crippen LogP contribution in [0, 0.1) is 6.92 Å². The van der Waals surface area contributed by atoms with E-state index in [4.69, 9.17) is 22.4 Å². The normalized spacial score (nSPS) is 11.8. The molecule has 19 heavy (non-hydrogen) atoms. The molecule has 0 atom stereocenters. The predicted octanol–water partition coefficient (Wildman–Crippen LogP) is 2.68. The molecule has 1 rings (SSSR count). The summed E-state index contributed by atoms with van der Waals surface area (Å²) in [5.41, 5.74) is 6.10. The van der Waals surface area contributed by atoms with Crippen molar-refractivity contribution in [2.24, 2.45) is 5.73 Å². The monoisotopic (exact) mass is 291 g/mol. The van der Waals surface area contributed by atoms with E-state index in [1.165, 1.54) is 25.1 Å². The van der Waals surface area contributed by atoms with Gasteiger partial charge < -0.3 is 15.6 Å². The Morgan fingerprint density at radius 3 is 2.63 bits per heavy atom. The molecule has 0 saturated carbocycles. The van der Waals surface area contributed by atoms with E-state index in [0.29, 0.717) is 11.1 Å². The molecule has 0 bridgehead atoms. The lowest BCUT2D eigenvalue weighted by molar-refractivity contribution is -0.132. The number of aliphatic carboxylic acids is 1. The highest BCUT2D eigenvalue weighted by Crippen LogP contribution is 2.31. The molecule has 1 aromatic carbocycles. The molecule has 0 saturated heterocycles. The number of alkyl halides is 2. The van der Waals surface area contributed by atoms with Gasteiger partial charge in [0, 0.05) is 6.54 Å². The van der Waals surface area contributed by atoms with Crippen LogP contribution in [0.5, 0.6) is 5.75 Å². The van der Waals surface area contributed by atoms with Crippen molar-refractivity contribution in [2.75, 3.05) is 6.54 Å². The average Bonchev–Trinajstić information content (AvgIpc) is 2.30. The molecule has 7 heteroatoms. The topological polar surface area (TPSA) is 72.6 Å². The van der Waals surface area contributed by atoms with Crippen molar-refractivity contribution >= 4 is 23.6 Å². The molecule has 0 spiro atoms. The first kappa shape index (κ1) is 15.4. The molecule has 0 aliphatic carbocycles. The van der Waals surface area contributed by atoms with Gasteiger partial charge in [-0.2, -0.15) is 8.78 Å². The molecule has 0 aliphatic heterocycles. The van der Waals surface area contributed by atoms with Gasteiger partial charge in [0.25, 0.3) is 0 Å². The van der Waals surface area contributed by atoms with Crippen LogP contribution >= 0.6 is 11.6 Å². The molecule has 0 fully saturated rings. The first-order chi connectivity index (χ1) is 8.85. The molecule has 0 unspecified atom stereocenters. The Balaban J connectivity index is 3.17. The fourth-order valence-electron chi connectivity index (χ4n) is 1.49. The molecule has 0 aliphatic rings. The third kappa shape index (κ3) is 4.18. The van der Waals surface area contributed by atoms with Crippen molar-refractivity contribution in [2.45, 2.75) is 13.5 Å². The van der Waals surface area contributed by atoms with E-state index in [-0.39, 0.29) is 22.9 Å². The summed E-state index contributed by atoms with van der Waals surface area (Å²) < 4.78 is 28.6. The molecule has 3 N–H and O–H groups in total. The van der Waals surface area contributed by atoms with Crippen molar-refractivity contribution in [1.29, 1.82) is 0 Å². The number of nitrogens with two attached hydrogens (primary N) is 1. The summed E-state index contributed by atoms with van der Waals surface area (Å²) >= 11 is 5.82. The van der Waals surface area contributed by atoms with E-state index in [2.05, 4.69) is 4.74 Å². The number of halogens is 3. The van der Waals surface area contributed by atoms with E-state index < -0.39 is 12.6 Å². The number of rotatable bonds is 5. The third-order valence-corrected chi connectivity index (χ3v) is 2.57. The molecular formula is C12H12ClF2NO3. The van der Waals surface area contributed by atoms with Crippen LogP contribution in [0.25, 0.3) is 6.08 Å². The maximum absolute atomic E-state index is 12.2. The first-order valence-electron chi connectivity index (χ1n) is 5.24. The van der Waals surface area contributed by atoms with Crippen LogP contribution in [-0.2, 0) is 4.79 Å². The standard InChI is InChI=1S/C12H12ClF2NO3/c1-6-2-7(3-8(5-16)11(17)18)4-9(13)10(6)19-12(14)15/h2-4,12H,5,16H2,1H3,(H,17,18)/b8-3-. The second-order valence-electron chi connectivity index (χ2n) is 3.71. The van der Waals surface area contributed by atoms with Crippen LogP contribution in [0.3, 0.4) is 0 Å². The second-order valence-corrected chi connectivity index (χ2v) is 4.11. The maximum Gasteiger partial charge on any atom is 0.387 e. The lowest BCUT2D eigenvalue weighted by atomic mass is 10.1. The fraction of sp³-hybridized carbons (Fsp3) is 0.250. The Morgan fingerprint density at radius 2 is 2.21 bits per heavy atom. The van der Waals surface area contributed by atoms with Gasteiger partial charge in [-0.25, -0.2) is 4.79 Å². The highest BCUT2D eigenvalue weighted by atomic mass is 35.5. The van der Waals surface area contributed by atoms with Gasteiger partial charge in [0.1, 0.15) is 5.75 Å². The number of carboxylic acids is 1. The number of carboxylic acid groups (broad SMARTS) is 1. The Bertz CT molecular complexity index is 495. The van der Waals surface area contributed by atoms with Crippen LogP contribution in [0.2, 0.25) is 5.02 Å². The van der Waals surface area contributed by atoms with Crippen LogP contribution < -0.4 is 10.5 Å². The minimum Gasteiger partial charge on any atom is -0.478 e. The van der Waals surface area contributed by atoms with Crippen molar-refractivity contribution < 1.29 is 23.4 Å². The zero-order valence-corrected chi connectivity index (χ0v) is 10.7. The van der Waals surface area contributed by atoms with Gasteiger partial charge in [0.15, 0.2) is 0 Å². The molecule has 104 valence electrons. The Morgan fingerprint density at radius 1 is 1.58 bits per heavy atom. The number of hydrogen-bond donors (Lipinski definition) is 2. The number of benzene rings is 1. The minimum absolute atomic E-state index is 0.0157. The Hall–Kier alpha value is -1.66. The molecule has 0 amide bonds. The summed E-state index contributed by atoms with van der Waals surface area (Å²) in [6, 6.07) is 2.83. The van der Waals surface area contributed by atoms with E-state index in [1.54, 1.807) is 0 Å². The second kappa shape index (κ2) is 6.49. The summed E-state index contributed by atoms with van der Waals surface area (Å²) in [6.07, 6.45) is 1.33. The Labute approximate surface area is 113 Å². The van der Waals surface area contributed by atoms with Crippen molar-refractivity contribution in [1.82, 2.24) is 0 Å². The summed E-state index contributed by atoms with van der Waals surface area (Å²) in [7, 11) is 0. The zero-order chi connectivity index (χ0) is 14.6. The SMILES string of the molecule is Cc1cc(/C=C(/CN)C(=O)O)cc(Cl)c1OC(F)F. The largest absolute Gasteiger partial charge is 0.478 e. The van der Waals surface area contributed by atoms with E-state index in [1.807, 2.05) is 0 Å². The molecule has 0 heterocycles. The molecule has 4 nitrogen and oxygen atoms in total. The molecular weight excluding hydrogens is 280 g/mol. The average molecular weight is 292 g/mol. The lowest BCUT2D eigenvalue weighted by Crippen LogP contribution is -2.11. The number of hydrogen-bond acceptors (Lipinski definition) is 3. The summed E-state index contributed by atoms with van der Waals surface area (Å²) in [6.45, 7) is -1.60. The van der Waals surface area contributed by atoms with Crippen molar-refractivity contribution in [3.05, 3.63) is 33.9 Å². The van der Waals surface area contributed by atoms with E-state index >= 15 is 0 Å². The van der Waals surface area contributed by atoms with Gasteiger partial charge in [0.05, 0.1) is 10.6 Å². The Kier molecular flexibility index (Phi) is 5.26. The van der Waals surface area contributed by atoms with Crippen LogP contribution in [-0.4, -0.2) is 24.2 Å². The van der Waals surface area contributed by atoms with Gasteiger partial charge >= 0.3 is 12.6 Å². The minimum atomic E-state index is -2.98. The lowest BCUT2D eigenvalue weighted by Gasteiger charge is -2.11. The van der Waals surface area contributed by atoms with Crippen LogP contribution in [0.1, 0.15) is 11.1 Å². The third-order valence-electron chi connectivity index (χ3n) is 2.29. The highest BCUT2D eigenvalue weighted by Gasteiger charge is 2.13. The van der Waals surface area contributed by atoms with Gasteiger partial charge in [-0.05, 0) is 36.3 Å². The zero-order valence-electron chi connectivity index (χ0n) is 9.99. The number of aryl methyl sites for hydroxylation is 1. The molecule has 1 aromatic rings. The van der Waals surface area contributed by atoms with E-state index in [0.717, 1.165) is 0 Å². The number of carbonyl (C=O) groups is 1. The molecule has 0 radical (unpaired) electrons. The highest BCUT2D eigenvalue weighted by molar-refractivity contribution is 6.32. The molecule has 0 aromatic heterocycles. The fourth-order valence-corrected chi connectivity index (χ4v) is 1.81. The smallest absolute Gasteiger partial charge is 0.387 e.